The van der Waals surface area contributed by atoms with Gasteiger partial charge in [0, 0.05) is 54.9 Å². The zero-order chi connectivity index (χ0) is 24.6. The highest BCUT2D eigenvalue weighted by molar-refractivity contribution is 5.95. The van der Waals surface area contributed by atoms with Gasteiger partial charge in [-0.05, 0) is 37.4 Å². The Morgan fingerprint density at radius 2 is 1.65 bits per heavy atom. The fourth-order valence-corrected chi connectivity index (χ4v) is 4.36. The van der Waals surface area contributed by atoms with Crippen LogP contribution in [0, 0.1) is 17.0 Å². The number of hydrogen-bond donors (Lipinski definition) is 0. The van der Waals surface area contributed by atoms with E-state index in [0.717, 1.165) is 24.5 Å². The van der Waals surface area contributed by atoms with Gasteiger partial charge in [0.2, 0.25) is 5.82 Å². The minimum atomic E-state index is -1.00. The number of rotatable bonds is 4. The Hall–Kier alpha value is -3.00. The number of amides is 1. The van der Waals surface area contributed by atoms with E-state index < -0.39 is 17.7 Å². The van der Waals surface area contributed by atoms with Crippen molar-refractivity contribution in [3.05, 3.63) is 59.2 Å². The van der Waals surface area contributed by atoms with Gasteiger partial charge < -0.3 is 14.5 Å². The van der Waals surface area contributed by atoms with Crippen LogP contribution >= 0.6 is 0 Å². The van der Waals surface area contributed by atoms with Crippen molar-refractivity contribution in [3.8, 4) is 5.75 Å². The maximum absolute atomic E-state index is 15.0. The van der Waals surface area contributed by atoms with E-state index in [-0.39, 0.29) is 22.6 Å². The van der Waals surface area contributed by atoms with Crippen LogP contribution in [0.4, 0.5) is 14.5 Å². The summed E-state index contributed by atoms with van der Waals surface area (Å²) in [6, 6.07) is 9.70. The summed E-state index contributed by atoms with van der Waals surface area (Å²) < 4.78 is 34.5. The van der Waals surface area contributed by atoms with Gasteiger partial charge in [0.1, 0.15) is 0 Å². The summed E-state index contributed by atoms with van der Waals surface area (Å²) in [6.45, 7) is 9.26. The van der Waals surface area contributed by atoms with E-state index >= 15 is 4.39 Å². The molecule has 0 N–H and O–H groups in total. The van der Waals surface area contributed by atoms with E-state index in [1.54, 1.807) is 23.2 Å². The first-order chi connectivity index (χ1) is 16.1. The first-order valence-corrected chi connectivity index (χ1v) is 11.6. The second-order valence-corrected chi connectivity index (χ2v) is 9.99. The maximum atomic E-state index is 15.0. The van der Waals surface area contributed by atoms with Crippen molar-refractivity contribution in [1.29, 1.82) is 0 Å². The third kappa shape index (κ3) is 4.64. The number of carbonyl (C=O) groups is 1. The molecule has 34 heavy (non-hydrogen) atoms. The van der Waals surface area contributed by atoms with Crippen molar-refractivity contribution < 1.29 is 18.3 Å². The zero-order valence-electron chi connectivity index (χ0n) is 20.4. The standard InChI is InChI=1S/C26H32F2N4O2/c1-26(2,3)22-16-20(19-10-11-21(34-5)24(28)23(19)27)32(29-22)18-8-6-17(7-9-18)25(33)31-14-12-30(4)13-15-31/h6-11,20H,12-16H2,1-5H3. The van der Waals surface area contributed by atoms with Crippen molar-refractivity contribution in [2.75, 3.05) is 45.3 Å². The molecule has 2 aromatic carbocycles. The lowest BCUT2D eigenvalue weighted by Gasteiger charge is -2.32. The number of likely N-dealkylation sites (N-methyl/N-ethyl adjacent to an activating group) is 1. The molecule has 1 unspecified atom stereocenters. The van der Waals surface area contributed by atoms with E-state index in [0.29, 0.717) is 25.1 Å². The van der Waals surface area contributed by atoms with Crippen molar-refractivity contribution in [2.24, 2.45) is 10.5 Å². The highest BCUT2D eigenvalue weighted by atomic mass is 19.2. The number of methoxy groups -OCH3 is 1. The Labute approximate surface area is 199 Å². The maximum Gasteiger partial charge on any atom is 0.253 e. The lowest BCUT2D eigenvalue weighted by molar-refractivity contribution is 0.0664. The van der Waals surface area contributed by atoms with Crippen LogP contribution in [0.1, 0.15) is 49.2 Å². The van der Waals surface area contributed by atoms with Gasteiger partial charge in [-0.1, -0.05) is 26.8 Å². The first-order valence-electron chi connectivity index (χ1n) is 11.6. The van der Waals surface area contributed by atoms with Crippen LogP contribution in [0.2, 0.25) is 0 Å². The molecule has 8 heteroatoms. The Morgan fingerprint density at radius 3 is 2.24 bits per heavy atom. The molecule has 0 bridgehead atoms. The topological polar surface area (TPSA) is 48.4 Å². The van der Waals surface area contributed by atoms with Crippen LogP contribution in [-0.2, 0) is 0 Å². The van der Waals surface area contributed by atoms with Gasteiger partial charge in [0.25, 0.3) is 5.91 Å². The van der Waals surface area contributed by atoms with E-state index in [2.05, 4.69) is 25.7 Å². The van der Waals surface area contributed by atoms with Gasteiger partial charge in [-0.2, -0.15) is 9.49 Å². The SMILES string of the molecule is COc1ccc(C2CC(C(C)(C)C)=NN2c2ccc(C(=O)N3CCN(C)CC3)cc2)c(F)c1F. The fourth-order valence-electron chi connectivity index (χ4n) is 4.36. The molecule has 2 aliphatic rings. The number of piperazine rings is 1. The summed E-state index contributed by atoms with van der Waals surface area (Å²) in [6.07, 6.45) is 0.466. The molecule has 0 radical (unpaired) electrons. The number of halogens is 2. The lowest BCUT2D eigenvalue weighted by Crippen LogP contribution is -2.47. The van der Waals surface area contributed by atoms with Gasteiger partial charge in [0.05, 0.1) is 18.8 Å². The van der Waals surface area contributed by atoms with E-state index in [9.17, 15) is 9.18 Å². The minimum absolute atomic E-state index is 0.000210. The van der Waals surface area contributed by atoms with Crippen LogP contribution in [0.25, 0.3) is 0 Å². The third-order valence-corrected chi connectivity index (χ3v) is 6.60. The highest BCUT2D eigenvalue weighted by Gasteiger charge is 2.36. The number of hydrazone groups is 1. The highest BCUT2D eigenvalue weighted by Crippen LogP contribution is 2.41. The largest absolute Gasteiger partial charge is 0.494 e. The number of nitrogens with zero attached hydrogens (tertiary/aromatic N) is 4. The molecule has 1 amide bonds. The minimum Gasteiger partial charge on any atom is -0.494 e. The molecule has 2 heterocycles. The second-order valence-electron chi connectivity index (χ2n) is 9.99. The van der Waals surface area contributed by atoms with Crippen LogP contribution in [0.3, 0.4) is 0 Å². The summed E-state index contributed by atoms with van der Waals surface area (Å²) >= 11 is 0. The normalized spacial score (nSPS) is 19.4. The Balaban J connectivity index is 1.64. The van der Waals surface area contributed by atoms with Crippen molar-refractivity contribution >= 4 is 17.3 Å². The van der Waals surface area contributed by atoms with E-state index in [1.807, 2.05) is 24.1 Å². The lowest BCUT2D eigenvalue weighted by atomic mass is 9.85. The summed E-state index contributed by atoms with van der Waals surface area (Å²) in [7, 11) is 3.36. The second kappa shape index (κ2) is 9.33. The zero-order valence-corrected chi connectivity index (χ0v) is 20.4. The number of hydrogen-bond acceptors (Lipinski definition) is 5. The van der Waals surface area contributed by atoms with Gasteiger partial charge >= 0.3 is 0 Å². The van der Waals surface area contributed by atoms with Gasteiger partial charge in [-0.3, -0.25) is 9.80 Å². The summed E-state index contributed by atoms with van der Waals surface area (Å²) in [5.74, 6) is -2.06. The molecule has 182 valence electrons. The smallest absolute Gasteiger partial charge is 0.253 e. The summed E-state index contributed by atoms with van der Waals surface area (Å²) in [5, 5.41) is 6.53. The summed E-state index contributed by atoms with van der Waals surface area (Å²) in [4.78, 5) is 17.0. The monoisotopic (exact) mass is 470 g/mol. The number of benzene rings is 2. The average molecular weight is 471 g/mol. The average Bonchev–Trinajstić information content (AvgIpc) is 3.27. The molecule has 2 aromatic rings. The number of anilines is 1. The first kappa shape index (κ1) is 24.1. The molecule has 1 saturated heterocycles. The molecule has 2 aliphatic heterocycles. The Morgan fingerprint density at radius 1 is 1.00 bits per heavy atom. The molecule has 0 spiro atoms. The molecule has 1 atom stereocenters. The predicted molar refractivity (Wildman–Crippen MR) is 129 cm³/mol. The fraction of sp³-hybridized carbons (Fsp3) is 0.462. The number of ether oxygens (including phenoxy) is 1. The van der Waals surface area contributed by atoms with E-state index in [1.165, 1.54) is 13.2 Å². The van der Waals surface area contributed by atoms with Gasteiger partial charge in [-0.25, -0.2) is 4.39 Å². The van der Waals surface area contributed by atoms with Gasteiger partial charge in [0.15, 0.2) is 11.6 Å². The number of carbonyl (C=O) groups excluding carboxylic acids is 1. The molecule has 4 rings (SSSR count). The van der Waals surface area contributed by atoms with Crippen LogP contribution in [0.5, 0.6) is 5.75 Å². The molecule has 0 aliphatic carbocycles. The van der Waals surface area contributed by atoms with Crippen molar-refractivity contribution in [2.45, 2.75) is 33.2 Å². The molecular weight excluding hydrogens is 438 g/mol. The predicted octanol–water partition coefficient (Wildman–Crippen LogP) is 4.71. The molecular formula is C26H32F2N4O2. The van der Waals surface area contributed by atoms with Crippen molar-refractivity contribution in [1.82, 2.24) is 9.80 Å². The van der Waals surface area contributed by atoms with Gasteiger partial charge in [-0.15, -0.1) is 0 Å². The quantitative estimate of drug-likeness (QED) is 0.649. The Bertz CT molecular complexity index is 1090. The van der Waals surface area contributed by atoms with Crippen LogP contribution in [0.15, 0.2) is 41.5 Å². The Kier molecular flexibility index (Phi) is 6.62. The van der Waals surface area contributed by atoms with Crippen molar-refractivity contribution in [3.63, 3.8) is 0 Å². The molecule has 0 saturated carbocycles. The molecule has 1 fully saturated rings. The van der Waals surface area contributed by atoms with Crippen LogP contribution < -0.4 is 9.75 Å². The molecule has 6 nitrogen and oxygen atoms in total. The van der Waals surface area contributed by atoms with Crippen LogP contribution in [-0.4, -0.2) is 61.8 Å². The summed E-state index contributed by atoms with van der Waals surface area (Å²) in [5.41, 5.74) is 2.20. The van der Waals surface area contributed by atoms with E-state index in [4.69, 9.17) is 9.84 Å². The third-order valence-electron chi connectivity index (χ3n) is 6.60. The molecule has 0 aromatic heterocycles.